The fourth-order valence-corrected chi connectivity index (χ4v) is 1.77. The summed E-state index contributed by atoms with van der Waals surface area (Å²) in [5, 5.41) is 23.6. The van der Waals surface area contributed by atoms with E-state index in [-0.39, 0.29) is 13.2 Å². The maximum Gasteiger partial charge on any atom is 0.319 e. The number of hydrogen-bond acceptors (Lipinski definition) is 4. The average molecular weight is 289 g/mol. The zero-order valence-corrected chi connectivity index (χ0v) is 11.7. The number of nitriles is 1. The van der Waals surface area contributed by atoms with Crippen LogP contribution in [0.15, 0.2) is 24.3 Å². The quantitative estimate of drug-likeness (QED) is 0.708. The number of nitrogens with one attached hydrogen (secondary N) is 2. The maximum absolute atomic E-state index is 11.7. The molecule has 1 aromatic rings. The van der Waals surface area contributed by atoms with E-state index in [4.69, 9.17) is 10.00 Å². The molecule has 2 rings (SSSR count). The second kappa shape index (κ2) is 7.62. The highest BCUT2D eigenvalue weighted by Gasteiger charge is 2.21. The number of aliphatic hydroxyl groups excluding tert-OH is 1. The minimum absolute atomic E-state index is 0.119. The van der Waals surface area contributed by atoms with Gasteiger partial charge in [-0.25, -0.2) is 4.79 Å². The molecule has 0 spiro atoms. The molecule has 2 amide bonds. The van der Waals surface area contributed by atoms with Crippen LogP contribution in [-0.2, 0) is 4.74 Å². The number of rotatable bonds is 7. The Morgan fingerprint density at radius 2 is 2.33 bits per heavy atom. The number of aliphatic hydroxyl groups is 1. The molecule has 1 aliphatic rings. The van der Waals surface area contributed by atoms with Gasteiger partial charge >= 0.3 is 6.03 Å². The van der Waals surface area contributed by atoms with Crippen LogP contribution in [0.25, 0.3) is 0 Å². The maximum atomic E-state index is 11.7. The predicted octanol–water partition coefficient (Wildman–Crippen LogP) is 1.47. The summed E-state index contributed by atoms with van der Waals surface area (Å²) in [7, 11) is 0. The number of hydrogen-bond donors (Lipinski definition) is 3. The van der Waals surface area contributed by atoms with E-state index in [1.165, 1.54) is 12.8 Å². The van der Waals surface area contributed by atoms with Crippen molar-refractivity contribution in [3.63, 3.8) is 0 Å². The van der Waals surface area contributed by atoms with Gasteiger partial charge in [-0.05, 0) is 37.0 Å². The van der Waals surface area contributed by atoms with Crippen LogP contribution in [0.2, 0.25) is 0 Å². The minimum atomic E-state index is -0.722. The van der Waals surface area contributed by atoms with Gasteiger partial charge in [0.25, 0.3) is 0 Å². The van der Waals surface area contributed by atoms with Gasteiger partial charge in [-0.1, -0.05) is 6.07 Å². The third kappa shape index (κ3) is 5.81. The molecule has 1 atom stereocenters. The lowest BCUT2D eigenvalue weighted by atomic mass is 10.2. The second-order valence-electron chi connectivity index (χ2n) is 5.16. The smallest absolute Gasteiger partial charge is 0.319 e. The summed E-state index contributed by atoms with van der Waals surface area (Å²) in [6.07, 6.45) is 1.69. The molecule has 3 N–H and O–H groups in total. The van der Waals surface area contributed by atoms with Gasteiger partial charge in [0.2, 0.25) is 0 Å². The van der Waals surface area contributed by atoms with Crippen LogP contribution < -0.4 is 10.6 Å². The van der Waals surface area contributed by atoms with E-state index in [2.05, 4.69) is 10.6 Å². The number of carbonyl (C=O) groups excluding carboxylic acids is 1. The first-order chi connectivity index (χ1) is 10.2. The van der Waals surface area contributed by atoms with E-state index in [9.17, 15) is 9.90 Å². The van der Waals surface area contributed by atoms with Gasteiger partial charge in [0.05, 0.1) is 24.3 Å². The number of amides is 2. The van der Waals surface area contributed by atoms with Gasteiger partial charge in [-0.15, -0.1) is 0 Å². The number of benzene rings is 1. The Kier molecular flexibility index (Phi) is 5.55. The zero-order chi connectivity index (χ0) is 15.1. The highest BCUT2D eigenvalue weighted by atomic mass is 16.5. The second-order valence-corrected chi connectivity index (χ2v) is 5.16. The van der Waals surface area contributed by atoms with Crippen LogP contribution in [0.3, 0.4) is 0 Å². The van der Waals surface area contributed by atoms with Gasteiger partial charge in [-0.3, -0.25) is 0 Å². The lowest BCUT2D eigenvalue weighted by molar-refractivity contribution is 0.0339. The fraction of sp³-hybridized carbons (Fsp3) is 0.467. The van der Waals surface area contributed by atoms with Gasteiger partial charge < -0.3 is 20.5 Å². The molecule has 1 fully saturated rings. The van der Waals surface area contributed by atoms with E-state index in [0.29, 0.717) is 23.8 Å². The number of carbonyl (C=O) groups is 1. The lowest BCUT2D eigenvalue weighted by Gasteiger charge is -2.13. The summed E-state index contributed by atoms with van der Waals surface area (Å²) in [5.74, 6) is 0.654. The molecule has 0 aromatic heterocycles. The first-order valence-electron chi connectivity index (χ1n) is 6.98. The van der Waals surface area contributed by atoms with Gasteiger partial charge in [0.1, 0.15) is 0 Å². The number of ether oxygens (including phenoxy) is 1. The molecule has 6 nitrogen and oxygen atoms in total. The van der Waals surface area contributed by atoms with E-state index in [1.807, 2.05) is 6.07 Å². The molecule has 1 saturated carbocycles. The molecule has 21 heavy (non-hydrogen) atoms. The molecule has 0 unspecified atom stereocenters. The summed E-state index contributed by atoms with van der Waals surface area (Å²) in [6.45, 7) is 1.03. The summed E-state index contributed by atoms with van der Waals surface area (Å²) in [6, 6.07) is 8.19. The van der Waals surface area contributed by atoms with Crippen LogP contribution in [0.1, 0.15) is 18.4 Å². The molecule has 0 aliphatic heterocycles. The fourth-order valence-electron chi connectivity index (χ4n) is 1.77. The van der Waals surface area contributed by atoms with Crippen LogP contribution in [0, 0.1) is 17.2 Å². The van der Waals surface area contributed by atoms with Crippen molar-refractivity contribution in [2.24, 2.45) is 5.92 Å². The Bertz CT molecular complexity index is 523. The van der Waals surface area contributed by atoms with E-state index >= 15 is 0 Å². The number of urea groups is 1. The van der Waals surface area contributed by atoms with Crippen LogP contribution in [0.5, 0.6) is 0 Å². The van der Waals surface area contributed by atoms with Crippen molar-refractivity contribution >= 4 is 11.7 Å². The normalized spacial score (nSPS) is 15.0. The molecule has 6 heteroatoms. The Balaban J connectivity index is 1.65. The predicted molar refractivity (Wildman–Crippen MR) is 77.7 cm³/mol. The van der Waals surface area contributed by atoms with Crippen molar-refractivity contribution in [2.45, 2.75) is 18.9 Å². The summed E-state index contributed by atoms with van der Waals surface area (Å²) in [5.41, 5.74) is 1.01. The van der Waals surface area contributed by atoms with Crippen molar-refractivity contribution < 1.29 is 14.6 Å². The molecule has 1 aromatic carbocycles. The lowest BCUT2D eigenvalue weighted by Crippen LogP contribution is -2.37. The third-order valence-corrected chi connectivity index (χ3v) is 3.11. The zero-order valence-electron chi connectivity index (χ0n) is 11.7. The summed E-state index contributed by atoms with van der Waals surface area (Å²) >= 11 is 0. The molecule has 0 saturated heterocycles. The van der Waals surface area contributed by atoms with Crippen molar-refractivity contribution in [3.8, 4) is 6.07 Å². The van der Waals surface area contributed by atoms with Crippen molar-refractivity contribution in [2.75, 3.05) is 25.1 Å². The molecule has 0 radical (unpaired) electrons. The van der Waals surface area contributed by atoms with Gasteiger partial charge in [-0.2, -0.15) is 5.26 Å². The Labute approximate surface area is 123 Å². The largest absolute Gasteiger partial charge is 0.389 e. The van der Waals surface area contributed by atoms with E-state index in [0.717, 1.165) is 0 Å². The standard InChI is InChI=1S/C15H19N3O3/c16-7-12-2-1-3-13(6-12)18-15(20)17-8-14(19)10-21-9-11-4-5-11/h1-3,6,11,14,19H,4-5,8-10H2,(H2,17,18,20)/t14-/m0/s1. The van der Waals surface area contributed by atoms with Crippen LogP contribution in [0.4, 0.5) is 10.5 Å². The van der Waals surface area contributed by atoms with Gasteiger partial charge in [0.15, 0.2) is 0 Å². The molecule has 0 heterocycles. The number of anilines is 1. The Hall–Kier alpha value is -2.10. The minimum Gasteiger partial charge on any atom is -0.389 e. The highest BCUT2D eigenvalue weighted by Crippen LogP contribution is 2.28. The molecule has 0 bridgehead atoms. The van der Waals surface area contributed by atoms with Crippen molar-refractivity contribution in [1.82, 2.24) is 5.32 Å². The van der Waals surface area contributed by atoms with Gasteiger partial charge in [0, 0.05) is 18.8 Å². The first-order valence-corrected chi connectivity index (χ1v) is 6.98. The Morgan fingerprint density at radius 1 is 1.52 bits per heavy atom. The molecular formula is C15H19N3O3. The molecule has 1 aliphatic carbocycles. The molecular weight excluding hydrogens is 270 g/mol. The van der Waals surface area contributed by atoms with Crippen molar-refractivity contribution in [3.05, 3.63) is 29.8 Å². The van der Waals surface area contributed by atoms with Crippen LogP contribution >= 0.6 is 0 Å². The SMILES string of the molecule is N#Cc1cccc(NC(=O)NC[C@H](O)COCC2CC2)c1. The van der Waals surface area contributed by atoms with Crippen molar-refractivity contribution in [1.29, 1.82) is 5.26 Å². The van der Waals surface area contributed by atoms with E-state index in [1.54, 1.807) is 24.3 Å². The summed E-state index contributed by atoms with van der Waals surface area (Å²) in [4.78, 5) is 11.7. The first kappa shape index (κ1) is 15.3. The number of nitrogens with zero attached hydrogens (tertiary/aromatic N) is 1. The third-order valence-electron chi connectivity index (χ3n) is 3.11. The topological polar surface area (TPSA) is 94.4 Å². The Morgan fingerprint density at radius 3 is 3.05 bits per heavy atom. The van der Waals surface area contributed by atoms with E-state index < -0.39 is 12.1 Å². The monoisotopic (exact) mass is 289 g/mol. The van der Waals surface area contributed by atoms with Crippen LogP contribution in [-0.4, -0.2) is 37.0 Å². The molecule has 112 valence electrons. The average Bonchev–Trinajstić information content (AvgIpc) is 3.29. The highest BCUT2D eigenvalue weighted by molar-refractivity contribution is 5.89. The summed E-state index contributed by atoms with van der Waals surface area (Å²) < 4.78 is 5.34.